The van der Waals surface area contributed by atoms with Gasteiger partial charge in [-0.15, -0.1) is 0 Å². The Morgan fingerprint density at radius 3 is 2.60 bits per heavy atom. The van der Waals surface area contributed by atoms with Gasteiger partial charge in [0.2, 0.25) is 5.91 Å². The molecule has 1 rings (SSSR count). The number of hydrogen-bond donors (Lipinski definition) is 2. The maximum atomic E-state index is 12.4. The van der Waals surface area contributed by atoms with Crippen LogP contribution in [0.25, 0.3) is 0 Å². The van der Waals surface area contributed by atoms with E-state index in [1.54, 1.807) is 0 Å². The van der Waals surface area contributed by atoms with E-state index in [-0.39, 0.29) is 11.8 Å². The average Bonchev–Trinajstić information content (AvgIpc) is 2.44. The second-order valence-electron chi connectivity index (χ2n) is 5.53. The highest BCUT2D eigenvalue weighted by atomic mass is 16.1. The summed E-state index contributed by atoms with van der Waals surface area (Å²) in [4.78, 5) is 12.4. The zero-order valence-corrected chi connectivity index (χ0v) is 13.0. The Kier molecular flexibility index (Phi) is 7.13. The summed E-state index contributed by atoms with van der Waals surface area (Å²) in [5.74, 6) is -0.0513. The van der Waals surface area contributed by atoms with Crippen LogP contribution in [0.3, 0.4) is 0 Å². The number of anilines is 1. The Morgan fingerprint density at radius 2 is 2.00 bits per heavy atom. The van der Waals surface area contributed by atoms with E-state index in [4.69, 9.17) is 5.73 Å². The number of amides is 1. The van der Waals surface area contributed by atoms with Crippen LogP contribution in [0.5, 0.6) is 0 Å². The molecule has 20 heavy (non-hydrogen) atoms. The van der Waals surface area contributed by atoms with Crippen LogP contribution in [0.4, 0.5) is 5.69 Å². The molecule has 0 saturated carbocycles. The molecule has 0 bridgehead atoms. The third-order valence-electron chi connectivity index (χ3n) is 3.69. The van der Waals surface area contributed by atoms with Crippen LogP contribution >= 0.6 is 0 Å². The van der Waals surface area contributed by atoms with Gasteiger partial charge in [-0.1, -0.05) is 45.2 Å². The number of carbonyl (C=O) groups excluding carboxylic acids is 1. The number of benzene rings is 1. The minimum absolute atomic E-state index is 0.102. The number of rotatable bonds is 8. The van der Waals surface area contributed by atoms with Crippen LogP contribution in [0, 0.1) is 0 Å². The third kappa shape index (κ3) is 5.24. The number of nitrogens with one attached hydrogen (secondary N) is 1. The van der Waals surface area contributed by atoms with Crippen molar-refractivity contribution in [2.45, 2.75) is 64.8 Å². The largest absolute Gasteiger partial charge is 0.399 e. The molecule has 0 spiro atoms. The van der Waals surface area contributed by atoms with E-state index in [1.807, 2.05) is 31.2 Å². The van der Waals surface area contributed by atoms with Gasteiger partial charge in [-0.2, -0.15) is 0 Å². The summed E-state index contributed by atoms with van der Waals surface area (Å²) >= 11 is 0. The maximum absolute atomic E-state index is 12.4. The van der Waals surface area contributed by atoms with Gasteiger partial charge in [0.05, 0.1) is 5.92 Å². The molecule has 0 aliphatic carbocycles. The second-order valence-corrected chi connectivity index (χ2v) is 5.53. The predicted molar refractivity (Wildman–Crippen MR) is 85.6 cm³/mol. The van der Waals surface area contributed by atoms with Crippen LogP contribution < -0.4 is 11.1 Å². The fraction of sp³-hybridized carbons (Fsp3) is 0.588. The summed E-state index contributed by atoms with van der Waals surface area (Å²) in [6.07, 6.45) is 5.55. The van der Waals surface area contributed by atoms with Gasteiger partial charge in [0.1, 0.15) is 0 Å². The molecule has 2 atom stereocenters. The second kappa shape index (κ2) is 8.62. The molecule has 0 aromatic heterocycles. The molecular formula is C17H28N2O. The Morgan fingerprint density at radius 1 is 1.25 bits per heavy atom. The molecule has 1 amide bonds. The summed E-state index contributed by atoms with van der Waals surface area (Å²) in [5.41, 5.74) is 7.47. The van der Waals surface area contributed by atoms with Crippen molar-refractivity contribution in [2.24, 2.45) is 0 Å². The van der Waals surface area contributed by atoms with Crippen molar-refractivity contribution in [2.75, 3.05) is 5.73 Å². The summed E-state index contributed by atoms with van der Waals surface area (Å²) in [6, 6.07) is 7.88. The zero-order chi connectivity index (χ0) is 15.0. The molecule has 112 valence electrons. The maximum Gasteiger partial charge on any atom is 0.227 e. The minimum Gasteiger partial charge on any atom is -0.399 e. The summed E-state index contributed by atoms with van der Waals surface area (Å²) in [5, 5.41) is 3.19. The highest BCUT2D eigenvalue weighted by Gasteiger charge is 2.18. The van der Waals surface area contributed by atoms with Crippen molar-refractivity contribution in [1.82, 2.24) is 5.32 Å². The molecule has 0 radical (unpaired) electrons. The van der Waals surface area contributed by atoms with E-state index in [0.717, 1.165) is 31.2 Å². The lowest BCUT2D eigenvalue weighted by Gasteiger charge is -2.21. The number of unbranched alkanes of at least 4 members (excludes halogenated alkanes) is 1. The van der Waals surface area contributed by atoms with Gasteiger partial charge in [0.15, 0.2) is 0 Å². The third-order valence-corrected chi connectivity index (χ3v) is 3.69. The van der Waals surface area contributed by atoms with Crippen LogP contribution in [0.2, 0.25) is 0 Å². The topological polar surface area (TPSA) is 55.1 Å². The highest BCUT2D eigenvalue weighted by molar-refractivity contribution is 5.83. The van der Waals surface area contributed by atoms with Crippen LogP contribution in [0.15, 0.2) is 24.3 Å². The monoisotopic (exact) mass is 276 g/mol. The Balaban J connectivity index is 2.63. The Hall–Kier alpha value is -1.51. The lowest BCUT2D eigenvalue weighted by Crippen LogP contribution is -2.37. The van der Waals surface area contributed by atoms with E-state index < -0.39 is 0 Å². The number of carbonyl (C=O) groups is 1. The van der Waals surface area contributed by atoms with Crippen molar-refractivity contribution in [3.05, 3.63) is 29.8 Å². The quantitative estimate of drug-likeness (QED) is 0.709. The first-order valence-electron chi connectivity index (χ1n) is 7.74. The van der Waals surface area contributed by atoms with E-state index in [0.29, 0.717) is 11.7 Å². The first kappa shape index (κ1) is 16.5. The van der Waals surface area contributed by atoms with Crippen molar-refractivity contribution in [3.63, 3.8) is 0 Å². The molecule has 0 saturated heterocycles. The zero-order valence-electron chi connectivity index (χ0n) is 13.0. The predicted octanol–water partition coefficient (Wildman–Crippen LogP) is 3.85. The van der Waals surface area contributed by atoms with E-state index in [9.17, 15) is 4.79 Å². The molecular weight excluding hydrogens is 248 g/mol. The molecule has 2 unspecified atom stereocenters. The van der Waals surface area contributed by atoms with Gasteiger partial charge in [-0.3, -0.25) is 4.79 Å². The van der Waals surface area contributed by atoms with Gasteiger partial charge in [-0.05, 0) is 37.5 Å². The smallest absolute Gasteiger partial charge is 0.227 e. The summed E-state index contributed by atoms with van der Waals surface area (Å²) in [7, 11) is 0. The van der Waals surface area contributed by atoms with Crippen molar-refractivity contribution in [1.29, 1.82) is 0 Å². The number of hydrogen-bond acceptors (Lipinski definition) is 2. The standard InChI is InChI=1S/C17H28N2O/c1-4-6-11-16(8-5-2)19-17(20)13(3)14-9-7-10-15(18)12-14/h7,9-10,12-13,16H,4-6,8,11,18H2,1-3H3,(H,19,20). The molecule has 1 aromatic rings. The van der Waals surface area contributed by atoms with E-state index >= 15 is 0 Å². The molecule has 3 N–H and O–H groups in total. The molecule has 0 fully saturated rings. The molecule has 1 aromatic carbocycles. The lowest BCUT2D eigenvalue weighted by molar-refractivity contribution is -0.123. The average molecular weight is 276 g/mol. The van der Waals surface area contributed by atoms with Crippen LogP contribution in [0.1, 0.15) is 64.4 Å². The molecule has 0 aliphatic rings. The first-order valence-corrected chi connectivity index (χ1v) is 7.74. The normalized spacial score (nSPS) is 13.8. The number of nitrogens with two attached hydrogens (primary N) is 1. The van der Waals surface area contributed by atoms with Gasteiger partial charge in [0.25, 0.3) is 0 Å². The van der Waals surface area contributed by atoms with Crippen LogP contribution in [-0.2, 0) is 4.79 Å². The fourth-order valence-corrected chi connectivity index (χ4v) is 2.39. The fourth-order valence-electron chi connectivity index (χ4n) is 2.39. The summed E-state index contributed by atoms with van der Waals surface area (Å²) < 4.78 is 0. The van der Waals surface area contributed by atoms with Crippen molar-refractivity contribution in [3.8, 4) is 0 Å². The van der Waals surface area contributed by atoms with E-state index in [1.165, 1.54) is 6.42 Å². The lowest BCUT2D eigenvalue weighted by atomic mass is 9.98. The van der Waals surface area contributed by atoms with Gasteiger partial charge < -0.3 is 11.1 Å². The van der Waals surface area contributed by atoms with Crippen LogP contribution in [-0.4, -0.2) is 11.9 Å². The molecule has 3 heteroatoms. The van der Waals surface area contributed by atoms with E-state index in [2.05, 4.69) is 19.2 Å². The Bertz CT molecular complexity index is 417. The minimum atomic E-state index is -0.153. The SMILES string of the molecule is CCCCC(CCC)NC(=O)C(C)c1cccc(N)c1. The first-order chi connectivity index (χ1) is 9.58. The van der Waals surface area contributed by atoms with Crippen molar-refractivity contribution >= 4 is 11.6 Å². The van der Waals surface area contributed by atoms with Gasteiger partial charge >= 0.3 is 0 Å². The Labute approximate surface area is 122 Å². The molecule has 0 aliphatic heterocycles. The van der Waals surface area contributed by atoms with Gasteiger partial charge in [0, 0.05) is 11.7 Å². The molecule has 3 nitrogen and oxygen atoms in total. The number of nitrogen functional groups attached to an aromatic ring is 1. The molecule has 0 heterocycles. The summed E-state index contributed by atoms with van der Waals surface area (Å²) in [6.45, 7) is 6.28. The van der Waals surface area contributed by atoms with Gasteiger partial charge in [-0.25, -0.2) is 0 Å². The highest BCUT2D eigenvalue weighted by Crippen LogP contribution is 2.19. The van der Waals surface area contributed by atoms with Crippen molar-refractivity contribution < 1.29 is 4.79 Å².